The van der Waals surface area contributed by atoms with Crippen molar-refractivity contribution in [3.63, 3.8) is 0 Å². The number of alkyl halides is 3. The number of carbonyl (C=O) groups excluding carboxylic acids is 1. The molecular weight excluding hydrogens is 374 g/mol. The van der Waals surface area contributed by atoms with Crippen molar-refractivity contribution in [3.8, 4) is 0 Å². The van der Waals surface area contributed by atoms with Gasteiger partial charge in [-0.05, 0) is 36.4 Å². The molecule has 0 aliphatic heterocycles. The third-order valence-electron chi connectivity index (χ3n) is 2.93. The number of amides is 1. The lowest BCUT2D eigenvalue weighted by Gasteiger charge is -2.09. The van der Waals surface area contributed by atoms with Crippen LogP contribution in [0.3, 0.4) is 0 Å². The van der Waals surface area contributed by atoms with Crippen LogP contribution in [0.2, 0.25) is 5.02 Å². The van der Waals surface area contributed by atoms with Gasteiger partial charge in [0.2, 0.25) is 0 Å². The Morgan fingerprint density at radius 2 is 1.62 bits per heavy atom. The molecule has 1 N–H and O–H groups in total. The van der Waals surface area contributed by atoms with Gasteiger partial charge in [0.15, 0.2) is 5.82 Å². The number of carbonyl (C=O) groups is 1. The number of hydrogen-bond acceptors (Lipinski definition) is 3. The highest BCUT2D eigenvalue weighted by Crippen LogP contribution is 2.30. The van der Waals surface area contributed by atoms with Gasteiger partial charge in [0.1, 0.15) is 0 Å². The minimum Gasteiger partial charge on any atom is -0.319 e. The fourth-order valence-corrected chi connectivity index (χ4v) is 2.65. The van der Waals surface area contributed by atoms with Crippen molar-refractivity contribution in [3.05, 3.63) is 58.9 Å². The summed E-state index contributed by atoms with van der Waals surface area (Å²) >= 11 is 5.56. The van der Waals surface area contributed by atoms with Gasteiger partial charge in [0.25, 0.3) is 15.7 Å². The number of anilines is 1. The highest BCUT2D eigenvalue weighted by Gasteiger charge is 2.46. The van der Waals surface area contributed by atoms with Crippen LogP contribution in [-0.2, 0) is 9.84 Å². The van der Waals surface area contributed by atoms with Crippen molar-refractivity contribution in [2.45, 2.75) is 10.4 Å². The zero-order valence-corrected chi connectivity index (χ0v) is 13.1. The molecule has 24 heavy (non-hydrogen) atoms. The van der Waals surface area contributed by atoms with Gasteiger partial charge < -0.3 is 5.32 Å². The Labute approximate surface area is 139 Å². The molecule has 0 saturated heterocycles. The van der Waals surface area contributed by atoms with Crippen LogP contribution >= 0.6 is 11.6 Å². The summed E-state index contributed by atoms with van der Waals surface area (Å²) in [6.07, 6.45) is 0. The number of hydrogen-bond donors (Lipinski definition) is 1. The Hall–Kier alpha value is -2.13. The topological polar surface area (TPSA) is 63.2 Å². The molecule has 0 aromatic heterocycles. The van der Waals surface area contributed by atoms with Crippen LogP contribution in [0.15, 0.2) is 47.4 Å². The molecule has 0 bridgehead atoms. The van der Waals surface area contributed by atoms with Gasteiger partial charge in [0, 0.05) is 5.56 Å². The van der Waals surface area contributed by atoms with Crippen molar-refractivity contribution in [2.75, 3.05) is 5.32 Å². The van der Waals surface area contributed by atoms with Crippen molar-refractivity contribution in [1.82, 2.24) is 0 Å². The Morgan fingerprint density at radius 3 is 2.17 bits per heavy atom. The highest BCUT2D eigenvalue weighted by atomic mass is 35.5. The van der Waals surface area contributed by atoms with Crippen LogP contribution < -0.4 is 5.32 Å². The molecular formula is C14H8ClF4NO3S. The number of sulfone groups is 1. The maximum atomic E-state index is 13.7. The second kappa shape index (κ2) is 6.40. The second-order valence-electron chi connectivity index (χ2n) is 4.53. The summed E-state index contributed by atoms with van der Waals surface area (Å²) in [5.41, 5.74) is -5.82. The van der Waals surface area contributed by atoms with E-state index in [9.17, 15) is 30.8 Å². The Kier molecular flexibility index (Phi) is 4.86. The second-order valence-corrected chi connectivity index (χ2v) is 6.88. The molecule has 0 heterocycles. The number of rotatable bonds is 3. The molecule has 1 amide bonds. The predicted octanol–water partition coefficient (Wildman–Crippen LogP) is 4.02. The van der Waals surface area contributed by atoms with Gasteiger partial charge in [-0.25, -0.2) is 12.8 Å². The van der Waals surface area contributed by atoms with Crippen LogP contribution in [0, 0.1) is 5.82 Å². The molecule has 0 aliphatic rings. The first-order valence-corrected chi connectivity index (χ1v) is 8.07. The molecule has 0 aliphatic carbocycles. The molecule has 10 heteroatoms. The molecule has 0 saturated carbocycles. The minimum absolute atomic E-state index is 0.157. The van der Waals surface area contributed by atoms with E-state index in [2.05, 4.69) is 5.32 Å². The van der Waals surface area contributed by atoms with E-state index in [1.807, 2.05) is 0 Å². The van der Waals surface area contributed by atoms with E-state index >= 15 is 0 Å². The molecule has 0 unspecified atom stereocenters. The summed E-state index contributed by atoms with van der Waals surface area (Å²) in [6, 6.07) is 6.95. The summed E-state index contributed by atoms with van der Waals surface area (Å²) in [6.45, 7) is 0. The third kappa shape index (κ3) is 3.51. The minimum atomic E-state index is -5.50. The lowest BCUT2D eigenvalue weighted by molar-refractivity contribution is -0.0436. The third-order valence-corrected chi connectivity index (χ3v) is 4.73. The van der Waals surface area contributed by atoms with Gasteiger partial charge in [-0.2, -0.15) is 13.2 Å². The first kappa shape index (κ1) is 18.2. The maximum absolute atomic E-state index is 13.7. The number of nitrogens with one attached hydrogen (secondary N) is 1. The van der Waals surface area contributed by atoms with Crippen LogP contribution in [0.4, 0.5) is 23.2 Å². The summed E-state index contributed by atoms with van der Waals surface area (Å²) in [5.74, 6) is -1.71. The Morgan fingerprint density at radius 1 is 1.04 bits per heavy atom. The zero-order valence-electron chi connectivity index (χ0n) is 11.6. The van der Waals surface area contributed by atoms with Crippen molar-refractivity contribution >= 4 is 33.0 Å². The largest absolute Gasteiger partial charge is 0.501 e. The SMILES string of the molecule is O=C(Nc1cccc(Cl)c1F)c1ccc(S(=O)(=O)C(F)(F)F)cc1. The molecule has 128 valence electrons. The van der Waals surface area contributed by atoms with Gasteiger partial charge in [0.05, 0.1) is 15.6 Å². The lowest BCUT2D eigenvalue weighted by atomic mass is 10.2. The molecule has 2 aromatic rings. The van der Waals surface area contributed by atoms with Gasteiger partial charge in [-0.3, -0.25) is 4.79 Å². The van der Waals surface area contributed by atoms with Crippen LogP contribution in [0.1, 0.15) is 10.4 Å². The molecule has 2 rings (SSSR count). The molecule has 0 atom stereocenters. The quantitative estimate of drug-likeness (QED) is 0.817. The molecule has 0 fully saturated rings. The number of benzene rings is 2. The van der Waals surface area contributed by atoms with Crippen molar-refractivity contribution < 1.29 is 30.8 Å². The monoisotopic (exact) mass is 381 g/mol. The van der Waals surface area contributed by atoms with Gasteiger partial charge in [-0.1, -0.05) is 17.7 Å². The predicted molar refractivity (Wildman–Crippen MR) is 79.0 cm³/mol. The van der Waals surface area contributed by atoms with E-state index in [1.165, 1.54) is 18.2 Å². The van der Waals surface area contributed by atoms with Gasteiger partial charge >= 0.3 is 5.51 Å². The molecule has 0 spiro atoms. The van der Waals surface area contributed by atoms with Crippen molar-refractivity contribution in [2.24, 2.45) is 0 Å². The Balaban J connectivity index is 2.25. The Bertz CT molecular complexity index is 880. The van der Waals surface area contributed by atoms with E-state index in [-0.39, 0.29) is 16.3 Å². The molecule has 0 radical (unpaired) electrons. The fraction of sp³-hybridized carbons (Fsp3) is 0.0714. The van der Waals surface area contributed by atoms with Crippen molar-refractivity contribution in [1.29, 1.82) is 0 Å². The van der Waals surface area contributed by atoms with E-state index in [4.69, 9.17) is 11.6 Å². The smallest absolute Gasteiger partial charge is 0.319 e. The maximum Gasteiger partial charge on any atom is 0.501 e. The molecule has 4 nitrogen and oxygen atoms in total. The van der Waals surface area contributed by atoms with Crippen LogP contribution in [0.25, 0.3) is 0 Å². The van der Waals surface area contributed by atoms with E-state index < -0.39 is 32.0 Å². The summed E-state index contributed by atoms with van der Waals surface area (Å²) in [5, 5.41) is 1.96. The average Bonchev–Trinajstić information content (AvgIpc) is 2.51. The highest BCUT2D eigenvalue weighted by molar-refractivity contribution is 7.92. The van der Waals surface area contributed by atoms with Gasteiger partial charge in [-0.15, -0.1) is 0 Å². The van der Waals surface area contributed by atoms with Crippen LogP contribution in [-0.4, -0.2) is 19.8 Å². The summed E-state index contributed by atoms with van der Waals surface area (Å²) in [7, 11) is -5.50. The van der Waals surface area contributed by atoms with Crippen LogP contribution in [0.5, 0.6) is 0 Å². The standard InChI is InChI=1S/C14H8ClF4NO3S/c15-10-2-1-3-11(12(10)16)20-13(21)8-4-6-9(7-5-8)24(22,23)14(17,18)19/h1-7H,(H,20,21). The molecule has 2 aromatic carbocycles. The summed E-state index contributed by atoms with van der Waals surface area (Å²) in [4.78, 5) is 10.9. The average molecular weight is 382 g/mol. The lowest BCUT2D eigenvalue weighted by Crippen LogP contribution is -2.23. The fourth-order valence-electron chi connectivity index (χ4n) is 1.71. The number of halogens is 5. The zero-order chi connectivity index (χ0) is 18.1. The van der Waals surface area contributed by atoms with E-state index in [1.54, 1.807) is 0 Å². The normalized spacial score (nSPS) is 12.0. The first-order valence-electron chi connectivity index (χ1n) is 6.21. The summed E-state index contributed by atoms with van der Waals surface area (Å²) < 4.78 is 73.4. The van der Waals surface area contributed by atoms with E-state index in [0.717, 1.165) is 12.1 Å². The van der Waals surface area contributed by atoms with E-state index in [0.29, 0.717) is 12.1 Å². The first-order chi connectivity index (χ1) is 11.0.